The van der Waals surface area contributed by atoms with E-state index in [1.807, 2.05) is 29.7 Å². The van der Waals surface area contributed by atoms with Crippen LogP contribution >= 0.6 is 27.3 Å². The van der Waals surface area contributed by atoms with Crippen LogP contribution in [0, 0.1) is 12.3 Å². The van der Waals surface area contributed by atoms with E-state index in [0.717, 1.165) is 16.0 Å². The molecule has 0 radical (unpaired) electrons. The topological polar surface area (TPSA) is 56.7 Å². The van der Waals surface area contributed by atoms with E-state index < -0.39 is 5.91 Å². The quantitative estimate of drug-likeness (QED) is 0.620. The summed E-state index contributed by atoms with van der Waals surface area (Å²) in [5.41, 5.74) is 0.911. The fourth-order valence-electron chi connectivity index (χ4n) is 2.21. The number of thiazole rings is 1. The Bertz CT molecular complexity index is 1010. The smallest absolute Gasteiger partial charge is 0.315 e. The molecule has 3 rings (SSSR count). The number of amides is 1. The van der Waals surface area contributed by atoms with Gasteiger partial charge in [-0.25, -0.2) is 0 Å². The van der Waals surface area contributed by atoms with Crippen molar-refractivity contribution in [2.24, 2.45) is 4.99 Å². The molecular formula is C17H13BrN2O3S. The predicted octanol–water partition coefficient (Wildman–Crippen LogP) is 3.83. The molecule has 122 valence electrons. The van der Waals surface area contributed by atoms with Gasteiger partial charge in [0.15, 0.2) is 15.2 Å². The Morgan fingerprint density at radius 2 is 2.29 bits per heavy atom. The maximum Gasteiger partial charge on any atom is 0.315 e. The molecule has 0 aliphatic rings. The summed E-state index contributed by atoms with van der Waals surface area (Å²) in [5, 5.41) is 0. The van der Waals surface area contributed by atoms with Crippen molar-refractivity contribution in [3.63, 3.8) is 0 Å². The van der Waals surface area contributed by atoms with Crippen LogP contribution in [0.2, 0.25) is 0 Å². The van der Waals surface area contributed by atoms with E-state index in [-0.39, 0.29) is 5.76 Å². The summed E-state index contributed by atoms with van der Waals surface area (Å²) in [5.74, 6) is 3.08. The normalized spacial score (nSPS) is 11.6. The van der Waals surface area contributed by atoms with Crippen molar-refractivity contribution in [2.75, 3.05) is 6.61 Å². The molecule has 0 spiro atoms. The van der Waals surface area contributed by atoms with Crippen LogP contribution in [0.1, 0.15) is 17.5 Å². The second-order valence-electron chi connectivity index (χ2n) is 4.76. The molecule has 2 heterocycles. The molecule has 0 aliphatic carbocycles. The van der Waals surface area contributed by atoms with Crippen molar-refractivity contribution < 1.29 is 13.9 Å². The van der Waals surface area contributed by atoms with Crippen LogP contribution in [-0.2, 0) is 6.54 Å². The Labute approximate surface area is 150 Å². The van der Waals surface area contributed by atoms with E-state index in [0.29, 0.717) is 22.6 Å². The zero-order valence-corrected chi connectivity index (χ0v) is 15.2. The fraction of sp³-hybridized carbons (Fsp3) is 0.176. The summed E-state index contributed by atoms with van der Waals surface area (Å²) in [4.78, 5) is 17.0. The highest BCUT2D eigenvalue weighted by molar-refractivity contribution is 9.10. The maximum atomic E-state index is 12.3. The van der Waals surface area contributed by atoms with E-state index >= 15 is 0 Å². The summed E-state index contributed by atoms with van der Waals surface area (Å²) in [6, 6.07) is 8.94. The Balaban J connectivity index is 2.11. The Morgan fingerprint density at radius 1 is 1.46 bits per heavy atom. The molecule has 1 aromatic carbocycles. The van der Waals surface area contributed by atoms with Crippen LogP contribution in [-0.4, -0.2) is 17.1 Å². The highest BCUT2D eigenvalue weighted by Gasteiger charge is 2.12. The van der Waals surface area contributed by atoms with Gasteiger partial charge < -0.3 is 13.7 Å². The molecule has 1 amide bonds. The van der Waals surface area contributed by atoms with E-state index in [4.69, 9.17) is 15.6 Å². The minimum Gasteiger partial charge on any atom is -0.494 e. The van der Waals surface area contributed by atoms with E-state index in [1.54, 1.807) is 12.1 Å². The molecule has 0 aliphatic heterocycles. The number of furan rings is 1. The van der Waals surface area contributed by atoms with Crippen LogP contribution in [0.4, 0.5) is 0 Å². The van der Waals surface area contributed by atoms with Gasteiger partial charge in [0, 0.05) is 0 Å². The average Bonchev–Trinajstić information content (AvgIpc) is 3.12. The van der Waals surface area contributed by atoms with Gasteiger partial charge in [-0.2, -0.15) is 4.99 Å². The lowest BCUT2D eigenvalue weighted by molar-refractivity contribution is 0.0970. The Morgan fingerprint density at radius 3 is 2.96 bits per heavy atom. The number of aromatic nitrogens is 1. The molecule has 0 unspecified atom stereocenters. The Hall–Kier alpha value is -2.30. The predicted molar refractivity (Wildman–Crippen MR) is 96.1 cm³/mol. The summed E-state index contributed by atoms with van der Waals surface area (Å²) in [6.45, 7) is 2.84. The first kappa shape index (κ1) is 16.6. The number of fused-ring (bicyclic) bond motifs is 1. The molecule has 7 heteroatoms. The first-order chi connectivity index (χ1) is 11.6. The Kier molecular flexibility index (Phi) is 4.88. The third-order valence-corrected chi connectivity index (χ3v) is 4.66. The lowest BCUT2D eigenvalue weighted by atomic mass is 10.3. The van der Waals surface area contributed by atoms with Crippen LogP contribution in [0.5, 0.6) is 5.75 Å². The van der Waals surface area contributed by atoms with Gasteiger partial charge in [0.1, 0.15) is 5.75 Å². The van der Waals surface area contributed by atoms with Crippen molar-refractivity contribution >= 4 is 43.4 Å². The fourth-order valence-corrected chi connectivity index (χ4v) is 3.57. The van der Waals surface area contributed by atoms with Crippen LogP contribution in [0.3, 0.4) is 0 Å². The molecule has 0 saturated heterocycles. The molecule has 2 aromatic heterocycles. The molecule has 0 fully saturated rings. The minimum atomic E-state index is -0.456. The number of carbonyl (C=O) groups excluding carboxylic acids is 1. The minimum absolute atomic E-state index is 0.168. The lowest BCUT2D eigenvalue weighted by Crippen LogP contribution is -2.16. The van der Waals surface area contributed by atoms with Crippen molar-refractivity contribution in [3.05, 3.63) is 45.6 Å². The number of nitrogens with zero attached hydrogens (tertiary/aromatic N) is 2. The zero-order valence-electron chi connectivity index (χ0n) is 12.8. The highest BCUT2D eigenvalue weighted by Crippen LogP contribution is 2.23. The van der Waals surface area contributed by atoms with Gasteiger partial charge in [0.25, 0.3) is 0 Å². The first-order valence-electron chi connectivity index (χ1n) is 7.16. The number of hydrogen-bond acceptors (Lipinski definition) is 4. The number of carbonyl (C=O) groups is 1. The SMILES string of the molecule is C#CCn1c(=NC(=O)c2ccc(Br)o2)sc2cc(OCC)ccc21. The summed E-state index contributed by atoms with van der Waals surface area (Å²) >= 11 is 4.55. The van der Waals surface area contributed by atoms with Crippen molar-refractivity contribution in [2.45, 2.75) is 13.5 Å². The number of ether oxygens (including phenoxy) is 1. The van der Waals surface area contributed by atoms with E-state index in [2.05, 4.69) is 26.8 Å². The van der Waals surface area contributed by atoms with Gasteiger partial charge in [-0.1, -0.05) is 17.3 Å². The van der Waals surface area contributed by atoms with Gasteiger partial charge in [-0.15, -0.1) is 6.42 Å². The highest BCUT2D eigenvalue weighted by atomic mass is 79.9. The summed E-state index contributed by atoms with van der Waals surface area (Å²) in [7, 11) is 0. The third-order valence-electron chi connectivity index (χ3n) is 3.20. The molecule has 0 saturated carbocycles. The monoisotopic (exact) mass is 404 g/mol. The van der Waals surface area contributed by atoms with Gasteiger partial charge in [-0.05, 0) is 53.2 Å². The van der Waals surface area contributed by atoms with Crippen molar-refractivity contribution in [1.82, 2.24) is 4.57 Å². The molecule has 24 heavy (non-hydrogen) atoms. The second kappa shape index (κ2) is 7.07. The third kappa shape index (κ3) is 3.30. The maximum absolute atomic E-state index is 12.3. The number of benzene rings is 1. The van der Waals surface area contributed by atoms with Crippen LogP contribution in [0.25, 0.3) is 10.2 Å². The number of hydrogen-bond donors (Lipinski definition) is 0. The van der Waals surface area contributed by atoms with Gasteiger partial charge in [0.2, 0.25) is 0 Å². The van der Waals surface area contributed by atoms with Crippen molar-refractivity contribution in [3.8, 4) is 18.1 Å². The molecule has 0 N–H and O–H groups in total. The van der Waals surface area contributed by atoms with E-state index in [1.165, 1.54) is 11.3 Å². The number of terminal acetylenes is 1. The van der Waals surface area contributed by atoms with Gasteiger partial charge in [0.05, 0.1) is 23.4 Å². The molecular weight excluding hydrogens is 392 g/mol. The van der Waals surface area contributed by atoms with E-state index in [9.17, 15) is 4.79 Å². The summed E-state index contributed by atoms with van der Waals surface area (Å²) < 4.78 is 14.0. The van der Waals surface area contributed by atoms with Crippen LogP contribution < -0.4 is 9.54 Å². The second-order valence-corrected chi connectivity index (χ2v) is 6.55. The molecule has 0 atom stereocenters. The lowest BCUT2D eigenvalue weighted by Gasteiger charge is -2.03. The summed E-state index contributed by atoms with van der Waals surface area (Å²) in [6.07, 6.45) is 5.46. The first-order valence-corrected chi connectivity index (χ1v) is 8.77. The van der Waals surface area contributed by atoms with Gasteiger partial charge in [-0.3, -0.25) is 4.79 Å². The largest absolute Gasteiger partial charge is 0.494 e. The van der Waals surface area contributed by atoms with Crippen LogP contribution in [0.15, 0.2) is 44.4 Å². The zero-order chi connectivity index (χ0) is 17.1. The average molecular weight is 405 g/mol. The van der Waals surface area contributed by atoms with Gasteiger partial charge >= 0.3 is 5.91 Å². The molecule has 3 aromatic rings. The molecule has 5 nitrogen and oxygen atoms in total. The van der Waals surface area contributed by atoms with Crippen molar-refractivity contribution in [1.29, 1.82) is 0 Å². The number of rotatable bonds is 4. The standard InChI is InChI=1S/C17H13BrN2O3S/c1-3-9-20-12-6-5-11(22-4-2)10-14(12)24-17(20)19-16(21)13-7-8-15(18)23-13/h1,5-8,10H,4,9H2,2H3. The molecule has 0 bridgehead atoms. The number of halogens is 1.